The standard InChI is InChI=1S/C11H15IN2O/c12-10-6-13-8-14-11(10)15-7-9-4-2-1-3-5-9/h6,8-9H,1-5,7H2. The molecule has 1 aliphatic rings. The van der Waals surface area contributed by atoms with Crippen molar-refractivity contribution in [3.05, 3.63) is 16.1 Å². The van der Waals surface area contributed by atoms with Crippen LogP contribution in [-0.2, 0) is 0 Å². The van der Waals surface area contributed by atoms with Gasteiger partial charge in [0.1, 0.15) is 6.33 Å². The van der Waals surface area contributed by atoms with Gasteiger partial charge >= 0.3 is 0 Å². The quantitative estimate of drug-likeness (QED) is 0.804. The van der Waals surface area contributed by atoms with Crippen molar-refractivity contribution in [2.75, 3.05) is 6.61 Å². The van der Waals surface area contributed by atoms with E-state index in [-0.39, 0.29) is 0 Å². The van der Waals surface area contributed by atoms with Gasteiger partial charge in [-0.25, -0.2) is 9.97 Å². The zero-order valence-corrected chi connectivity index (χ0v) is 10.8. The van der Waals surface area contributed by atoms with Crippen LogP contribution in [0.2, 0.25) is 0 Å². The van der Waals surface area contributed by atoms with Gasteiger partial charge in [-0.3, -0.25) is 0 Å². The highest BCUT2D eigenvalue weighted by atomic mass is 127. The van der Waals surface area contributed by atoms with E-state index in [1.165, 1.54) is 32.1 Å². The van der Waals surface area contributed by atoms with E-state index in [1.54, 1.807) is 12.5 Å². The molecule has 0 aliphatic heterocycles. The Kier molecular flexibility index (Phi) is 4.17. The number of hydrogen-bond acceptors (Lipinski definition) is 3. The Morgan fingerprint density at radius 1 is 1.33 bits per heavy atom. The molecular weight excluding hydrogens is 303 g/mol. The molecule has 3 nitrogen and oxygen atoms in total. The van der Waals surface area contributed by atoms with Crippen molar-refractivity contribution in [2.45, 2.75) is 32.1 Å². The third-order valence-electron chi connectivity index (χ3n) is 2.81. The number of hydrogen-bond donors (Lipinski definition) is 0. The molecule has 0 unspecified atom stereocenters. The summed E-state index contributed by atoms with van der Waals surface area (Å²) in [6, 6.07) is 0. The molecule has 1 saturated carbocycles. The van der Waals surface area contributed by atoms with Gasteiger partial charge in [0.05, 0.1) is 10.2 Å². The first kappa shape index (κ1) is 11.1. The van der Waals surface area contributed by atoms with E-state index in [0.29, 0.717) is 0 Å². The fourth-order valence-electron chi connectivity index (χ4n) is 1.96. The second-order valence-corrected chi connectivity index (χ2v) is 5.15. The fraction of sp³-hybridized carbons (Fsp3) is 0.636. The Bertz CT molecular complexity index is 313. The van der Waals surface area contributed by atoms with Gasteiger partial charge in [-0.05, 0) is 41.4 Å². The molecule has 2 rings (SSSR count). The lowest BCUT2D eigenvalue weighted by Gasteiger charge is -2.21. The molecule has 1 heterocycles. The topological polar surface area (TPSA) is 35.0 Å². The molecule has 1 fully saturated rings. The summed E-state index contributed by atoms with van der Waals surface area (Å²) >= 11 is 2.20. The van der Waals surface area contributed by atoms with Crippen molar-refractivity contribution < 1.29 is 4.74 Å². The maximum absolute atomic E-state index is 5.72. The van der Waals surface area contributed by atoms with Crippen LogP contribution < -0.4 is 4.74 Å². The van der Waals surface area contributed by atoms with Crippen LogP contribution >= 0.6 is 22.6 Å². The highest BCUT2D eigenvalue weighted by Gasteiger charge is 2.14. The van der Waals surface area contributed by atoms with Crippen LogP contribution in [-0.4, -0.2) is 16.6 Å². The smallest absolute Gasteiger partial charge is 0.230 e. The van der Waals surface area contributed by atoms with Crippen molar-refractivity contribution in [2.24, 2.45) is 5.92 Å². The Hall–Kier alpha value is -0.390. The third-order valence-corrected chi connectivity index (χ3v) is 3.55. The second-order valence-electron chi connectivity index (χ2n) is 3.99. The van der Waals surface area contributed by atoms with E-state index in [2.05, 4.69) is 32.6 Å². The van der Waals surface area contributed by atoms with Gasteiger partial charge in [-0.2, -0.15) is 0 Å². The number of aromatic nitrogens is 2. The largest absolute Gasteiger partial charge is 0.477 e. The highest BCUT2D eigenvalue weighted by molar-refractivity contribution is 14.1. The summed E-state index contributed by atoms with van der Waals surface area (Å²) in [5.41, 5.74) is 0. The van der Waals surface area contributed by atoms with Gasteiger partial charge in [0.25, 0.3) is 0 Å². The molecule has 0 spiro atoms. The number of halogens is 1. The first-order valence-electron chi connectivity index (χ1n) is 5.44. The van der Waals surface area contributed by atoms with E-state index in [0.717, 1.165) is 22.0 Å². The molecule has 1 aromatic rings. The predicted octanol–water partition coefficient (Wildman–Crippen LogP) is 3.04. The Morgan fingerprint density at radius 3 is 2.87 bits per heavy atom. The molecule has 1 aromatic heterocycles. The summed E-state index contributed by atoms with van der Waals surface area (Å²) in [7, 11) is 0. The van der Waals surface area contributed by atoms with Crippen LogP contribution in [0.5, 0.6) is 5.88 Å². The monoisotopic (exact) mass is 318 g/mol. The van der Waals surface area contributed by atoms with Crippen molar-refractivity contribution in [1.82, 2.24) is 9.97 Å². The number of ether oxygens (including phenoxy) is 1. The van der Waals surface area contributed by atoms with E-state index in [1.807, 2.05) is 0 Å². The van der Waals surface area contributed by atoms with Gasteiger partial charge in [0.2, 0.25) is 5.88 Å². The summed E-state index contributed by atoms with van der Waals surface area (Å²) in [5, 5.41) is 0. The molecule has 0 bridgehead atoms. The Morgan fingerprint density at radius 2 is 2.13 bits per heavy atom. The van der Waals surface area contributed by atoms with Crippen LogP contribution in [0, 0.1) is 9.49 Å². The first-order valence-corrected chi connectivity index (χ1v) is 6.52. The minimum atomic E-state index is 0.726. The van der Waals surface area contributed by atoms with Crippen LogP contribution in [0.3, 0.4) is 0 Å². The SMILES string of the molecule is Ic1cncnc1OCC1CCCCC1. The third kappa shape index (κ3) is 3.29. The van der Waals surface area contributed by atoms with Crippen LogP contribution in [0.1, 0.15) is 32.1 Å². The molecule has 0 atom stereocenters. The average Bonchev–Trinajstić information content (AvgIpc) is 2.29. The van der Waals surface area contributed by atoms with E-state index >= 15 is 0 Å². The van der Waals surface area contributed by atoms with Gasteiger partial charge in [-0.1, -0.05) is 19.3 Å². The predicted molar refractivity (Wildman–Crippen MR) is 66.8 cm³/mol. The number of rotatable bonds is 3. The summed E-state index contributed by atoms with van der Waals surface area (Å²) in [6.45, 7) is 0.813. The fourth-order valence-corrected chi connectivity index (χ4v) is 2.41. The van der Waals surface area contributed by atoms with Crippen LogP contribution in [0.15, 0.2) is 12.5 Å². The summed E-state index contributed by atoms with van der Waals surface area (Å²) in [6.07, 6.45) is 10.0. The molecule has 0 saturated heterocycles. The molecule has 0 radical (unpaired) electrons. The summed E-state index contributed by atoms with van der Waals surface area (Å²) in [4.78, 5) is 8.06. The van der Waals surface area contributed by atoms with Crippen molar-refractivity contribution >= 4 is 22.6 Å². The average molecular weight is 318 g/mol. The van der Waals surface area contributed by atoms with Crippen molar-refractivity contribution in [3.8, 4) is 5.88 Å². The molecular formula is C11H15IN2O. The summed E-state index contributed by atoms with van der Waals surface area (Å²) in [5.74, 6) is 1.46. The molecule has 4 heteroatoms. The molecule has 82 valence electrons. The maximum Gasteiger partial charge on any atom is 0.230 e. The maximum atomic E-state index is 5.72. The van der Waals surface area contributed by atoms with E-state index < -0.39 is 0 Å². The summed E-state index contributed by atoms with van der Waals surface area (Å²) < 4.78 is 6.71. The first-order chi connectivity index (χ1) is 7.36. The van der Waals surface area contributed by atoms with Crippen LogP contribution in [0.25, 0.3) is 0 Å². The lowest BCUT2D eigenvalue weighted by molar-refractivity contribution is 0.201. The normalized spacial score (nSPS) is 17.7. The molecule has 0 N–H and O–H groups in total. The van der Waals surface area contributed by atoms with Gasteiger partial charge in [-0.15, -0.1) is 0 Å². The lowest BCUT2D eigenvalue weighted by atomic mass is 9.90. The number of nitrogens with zero attached hydrogens (tertiary/aromatic N) is 2. The van der Waals surface area contributed by atoms with E-state index in [4.69, 9.17) is 4.74 Å². The second kappa shape index (κ2) is 5.63. The molecule has 1 aliphatic carbocycles. The molecule has 0 amide bonds. The van der Waals surface area contributed by atoms with E-state index in [9.17, 15) is 0 Å². The zero-order chi connectivity index (χ0) is 10.5. The van der Waals surface area contributed by atoms with Crippen LogP contribution in [0.4, 0.5) is 0 Å². The van der Waals surface area contributed by atoms with Gasteiger partial charge in [0.15, 0.2) is 0 Å². The highest BCUT2D eigenvalue weighted by Crippen LogP contribution is 2.25. The molecule has 0 aromatic carbocycles. The van der Waals surface area contributed by atoms with Crippen molar-refractivity contribution in [1.29, 1.82) is 0 Å². The minimum Gasteiger partial charge on any atom is -0.477 e. The molecule has 15 heavy (non-hydrogen) atoms. The lowest BCUT2D eigenvalue weighted by Crippen LogP contribution is -2.16. The van der Waals surface area contributed by atoms with Gasteiger partial charge in [0, 0.05) is 6.20 Å². The Labute approximate surface area is 104 Å². The van der Waals surface area contributed by atoms with Gasteiger partial charge < -0.3 is 4.74 Å². The minimum absolute atomic E-state index is 0.726. The van der Waals surface area contributed by atoms with Crippen molar-refractivity contribution in [3.63, 3.8) is 0 Å². The zero-order valence-electron chi connectivity index (χ0n) is 8.66. The Balaban J connectivity index is 1.84.